The van der Waals surface area contributed by atoms with Crippen LogP contribution in [0.4, 0.5) is 8.78 Å². The molecule has 0 radical (unpaired) electrons. The van der Waals surface area contributed by atoms with Crippen LogP contribution in [0.1, 0.15) is 18.9 Å². The van der Waals surface area contributed by atoms with E-state index in [2.05, 4.69) is 22.3 Å². The highest BCUT2D eigenvalue weighted by molar-refractivity contribution is 5.85. The lowest BCUT2D eigenvalue weighted by atomic mass is 9.95. The van der Waals surface area contributed by atoms with Crippen molar-refractivity contribution in [3.05, 3.63) is 29.8 Å². The lowest BCUT2D eigenvalue weighted by Gasteiger charge is -2.30. The molecule has 0 bridgehead atoms. The molecule has 2 atom stereocenters. The van der Waals surface area contributed by atoms with Crippen molar-refractivity contribution >= 4 is 18.3 Å². The minimum Gasteiger partial charge on any atom is -0.435 e. The molecule has 4 nitrogen and oxygen atoms in total. The van der Waals surface area contributed by atoms with E-state index in [9.17, 15) is 13.6 Å². The first-order valence-electron chi connectivity index (χ1n) is 7.09. The molecule has 0 aromatic heterocycles. The van der Waals surface area contributed by atoms with Crippen molar-refractivity contribution in [2.45, 2.75) is 32.4 Å². The topological polar surface area (TPSA) is 50.4 Å². The van der Waals surface area contributed by atoms with Crippen LogP contribution in [0.3, 0.4) is 0 Å². The summed E-state index contributed by atoms with van der Waals surface area (Å²) < 4.78 is 29.1. The van der Waals surface area contributed by atoms with Crippen LogP contribution >= 0.6 is 12.4 Å². The van der Waals surface area contributed by atoms with Gasteiger partial charge in [0.2, 0.25) is 5.91 Å². The fraction of sp³-hybridized carbons (Fsp3) is 0.533. The Balaban J connectivity index is 0.00000242. The molecular weight excluding hydrogens is 314 g/mol. The molecule has 1 aliphatic heterocycles. The molecule has 1 fully saturated rings. The third-order valence-electron chi connectivity index (χ3n) is 3.67. The average Bonchev–Trinajstić information content (AvgIpc) is 2.43. The summed E-state index contributed by atoms with van der Waals surface area (Å²) in [5.74, 6) is 0.246. The maximum atomic E-state index is 12.3. The third-order valence-corrected chi connectivity index (χ3v) is 3.67. The second kappa shape index (κ2) is 8.90. The standard InChI is InChI=1S/C15H20F2N2O2.ClH/c1-10-9-18-7-6-12(10)19-14(20)8-11-4-2-3-5-13(11)21-15(16)17;/h2-5,10,12,15,18H,6-9H2,1H3,(H,19,20);1H. The zero-order chi connectivity index (χ0) is 15.2. The van der Waals surface area contributed by atoms with E-state index in [0.717, 1.165) is 19.5 Å². The summed E-state index contributed by atoms with van der Waals surface area (Å²) in [6, 6.07) is 6.51. The van der Waals surface area contributed by atoms with Gasteiger partial charge in [0.25, 0.3) is 0 Å². The molecule has 0 spiro atoms. The van der Waals surface area contributed by atoms with E-state index in [1.54, 1.807) is 18.2 Å². The zero-order valence-corrected chi connectivity index (χ0v) is 13.2. The molecule has 7 heteroatoms. The number of piperidine rings is 1. The van der Waals surface area contributed by atoms with Gasteiger partial charge in [0.1, 0.15) is 5.75 Å². The van der Waals surface area contributed by atoms with E-state index >= 15 is 0 Å². The van der Waals surface area contributed by atoms with Gasteiger partial charge < -0.3 is 15.4 Å². The highest BCUT2D eigenvalue weighted by Crippen LogP contribution is 2.21. The highest BCUT2D eigenvalue weighted by Gasteiger charge is 2.23. The first kappa shape index (κ1) is 18.6. The summed E-state index contributed by atoms with van der Waals surface area (Å²) in [5.41, 5.74) is 0.469. The molecule has 124 valence electrons. The lowest BCUT2D eigenvalue weighted by molar-refractivity contribution is -0.121. The minimum absolute atomic E-state index is 0. The van der Waals surface area contributed by atoms with Crippen LogP contribution in [-0.2, 0) is 11.2 Å². The predicted octanol–water partition coefficient (Wildman–Crippen LogP) is 2.37. The number of nitrogens with one attached hydrogen (secondary N) is 2. The number of benzene rings is 1. The molecule has 22 heavy (non-hydrogen) atoms. The van der Waals surface area contributed by atoms with Gasteiger partial charge in [-0.15, -0.1) is 12.4 Å². The van der Waals surface area contributed by atoms with Crippen LogP contribution in [0.25, 0.3) is 0 Å². The molecule has 2 N–H and O–H groups in total. The van der Waals surface area contributed by atoms with Crippen LogP contribution in [0, 0.1) is 5.92 Å². The number of carbonyl (C=O) groups is 1. The predicted molar refractivity (Wildman–Crippen MR) is 82.6 cm³/mol. The average molecular weight is 335 g/mol. The van der Waals surface area contributed by atoms with Gasteiger partial charge >= 0.3 is 6.61 Å². The third kappa shape index (κ3) is 5.42. The fourth-order valence-corrected chi connectivity index (χ4v) is 2.52. The molecule has 2 rings (SSSR count). The summed E-state index contributed by atoms with van der Waals surface area (Å²) >= 11 is 0. The second-order valence-corrected chi connectivity index (χ2v) is 5.31. The summed E-state index contributed by atoms with van der Waals surface area (Å²) in [6.07, 6.45) is 0.918. The van der Waals surface area contributed by atoms with E-state index in [1.807, 2.05) is 0 Å². The largest absolute Gasteiger partial charge is 0.435 e. The molecule has 1 aromatic carbocycles. The van der Waals surface area contributed by atoms with Crippen molar-refractivity contribution in [3.63, 3.8) is 0 Å². The molecule has 0 saturated carbocycles. The zero-order valence-electron chi connectivity index (χ0n) is 12.4. The number of para-hydroxylation sites is 1. The molecule has 1 heterocycles. The van der Waals surface area contributed by atoms with Crippen LogP contribution < -0.4 is 15.4 Å². The van der Waals surface area contributed by atoms with Gasteiger partial charge in [-0.1, -0.05) is 25.1 Å². The molecule has 1 amide bonds. The van der Waals surface area contributed by atoms with Gasteiger partial charge in [0.15, 0.2) is 0 Å². The molecule has 1 saturated heterocycles. The van der Waals surface area contributed by atoms with Crippen LogP contribution in [-0.4, -0.2) is 31.7 Å². The van der Waals surface area contributed by atoms with Crippen LogP contribution in [0.15, 0.2) is 24.3 Å². The van der Waals surface area contributed by atoms with Crippen molar-refractivity contribution in [1.82, 2.24) is 10.6 Å². The Hall–Kier alpha value is -1.40. The Kier molecular flexibility index (Phi) is 7.55. The number of carbonyl (C=O) groups excluding carboxylic acids is 1. The molecule has 1 aliphatic rings. The second-order valence-electron chi connectivity index (χ2n) is 5.31. The number of amides is 1. The van der Waals surface area contributed by atoms with Gasteiger partial charge in [-0.25, -0.2) is 0 Å². The Bertz CT molecular complexity index is 488. The number of halogens is 3. The number of hydrogen-bond donors (Lipinski definition) is 2. The van der Waals surface area contributed by atoms with Gasteiger partial charge in [-0.2, -0.15) is 8.78 Å². The van der Waals surface area contributed by atoms with E-state index in [4.69, 9.17) is 0 Å². The van der Waals surface area contributed by atoms with E-state index in [-0.39, 0.29) is 36.5 Å². The number of hydrogen-bond acceptors (Lipinski definition) is 3. The van der Waals surface area contributed by atoms with Crippen molar-refractivity contribution in [2.75, 3.05) is 13.1 Å². The van der Waals surface area contributed by atoms with E-state index in [1.165, 1.54) is 6.07 Å². The summed E-state index contributed by atoms with van der Waals surface area (Å²) in [5, 5.41) is 6.24. The maximum Gasteiger partial charge on any atom is 0.387 e. The number of alkyl halides is 2. The Morgan fingerprint density at radius 1 is 1.45 bits per heavy atom. The van der Waals surface area contributed by atoms with E-state index < -0.39 is 6.61 Å². The quantitative estimate of drug-likeness (QED) is 0.869. The fourth-order valence-electron chi connectivity index (χ4n) is 2.52. The molecule has 0 aliphatic carbocycles. The highest BCUT2D eigenvalue weighted by atomic mass is 35.5. The lowest BCUT2D eigenvalue weighted by Crippen LogP contribution is -2.48. The molecular formula is C15H21ClF2N2O2. The Morgan fingerprint density at radius 2 is 2.18 bits per heavy atom. The van der Waals surface area contributed by atoms with E-state index in [0.29, 0.717) is 11.5 Å². The SMILES string of the molecule is CC1CNCCC1NC(=O)Cc1ccccc1OC(F)F.Cl. The van der Waals surface area contributed by atoms with Crippen molar-refractivity contribution in [3.8, 4) is 5.75 Å². The van der Waals surface area contributed by atoms with Gasteiger partial charge in [0.05, 0.1) is 6.42 Å². The number of ether oxygens (including phenoxy) is 1. The van der Waals surface area contributed by atoms with Crippen LogP contribution in [0.5, 0.6) is 5.75 Å². The van der Waals surface area contributed by atoms with Crippen molar-refractivity contribution < 1.29 is 18.3 Å². The summed E-state index contributed by atoms with van der Waals surface area (Å²) in [6.45, 7) is 0.931. The Labute approximate surface area is 135 Å². The van der Waals surface area contributed by atoms with Gasteiger partial charge in [0, 0.05) is 11.6 Å². The van der Waals surface area contributed by atoms with Crippen molar-refractivity contribution in [1.29, 1.82) is 0 Å². The Morgan fingerprint density at radius 3 is 2.86 bits per heavy atom. The van der Waals surface area contributed by atoms with Gasteiger partial charge in [-0.05, 0) is 31.5 Å². The van der Waals surface area contributed by atoms with Crippen molar-refractivity contribution in [2.24, 2.45) is 5.92 Å². The monoisotopic (exact) mass is 334 g/mol. The summed E-state index contributed by atoms with van der Waals surface area (Å²) in [4.78, 5) is 12.1. The number of rotatable bonds is 5. The van der Waals surface area contributed by atoms with Crippen LogP contribution in [0.2, 0.25) is 0 Å². The maximum absolute atomic E-state index is 12.3. The first-order valence-corrected chi connectivity index (χ1v) is 7.09. The first-order chi connectivity index (χ1) is 10.1. The summed E-state index contributed by atoms with van der Waals surface area (Å²) in [7, 11) is 0. The smallest absolute Gasteiger partial charge is 0.387 e. The molecule has 1 aromatic rings. The molecule has 2 unspecified atom stereocenters. The normalized spacial score (nSPS) is 21.1. The minimum atomic E-state index is -2.89. The van der Waals surface area contributed by atoms with Gasteiger partial charge in [-0.3, -0.25) is 4.79 Å².